The molecule has 4 heteroatoms. The van der Waals surface area contributed by atoms with Gasteiger partial charge >= 0.3 is 0 Å². The summed E-state index contributed by atoms with van der Waals surface area (Å²) in [6, 6.07) is 8.16. The number of hydrogen-bond donors (Lipinski definition) is 2. The summed E-state index contributed by atoms with van der Waals surface area (Å²) in [5, 5.41) is 12.7. The Morgan fingerprint density at radius 3 is 2.90 bits per heavy atom. The monoisotopic (exact) mass is 274 g/mol. The summed E-state index contributed by atoms with van der Waals surface area (Å²) in [5.41, 5.74) is 2.46. The van der Waals surface area contributed by atoms with E-state index in [-0.39, 0.29) is 18.6 Å². The van der Waals surface area contributed by atoms with Crippen LogP contribution in [-0.2, 0) is 11.2 Å². The molecule has 1 unspecified atom stereocenters. The highest BCUT2D eigenvalue weighted by Gasteiger charge is 2.28. The lowest BCUT2D eigenvalue weighted by Gasteiger charge is -2.35. The molecule has 1 saturated carbocycles. The highest BCUT2D eigenvalue weighted by Crippen LogP contribution is 2.29. The summed E-state index contributed by atoms with van der Waals surface area (Å²) in [6.07, 6.45) is 3.44. The van der Waals surface area contributed by atoms with E-state index in [2.05, 4.69) is 22.3 Å². The first-order valence-corrected chi connectivity index (χ1v) is 7.47. The summed E-state index contributed by atoms with van der Waals surface area (Å²) < 4.78 is 0. The average Bonchev–Trinajstić information content (AvgIpc) is 3.29. The van der Waals surface area contributed by atoms with Gasteiger partial charge in [0.1, 0.15) is 0 Å². The van der Waals surface area contributed by atoms with Crippen molar-refractivity contribution in [1.82, 2.24) is 10.2 Å². The minimum Gasteiger partial charge on any atom is -0.394 e. The highest BCUT2D eigenvalue weighted by molar-refractivity contribution is 5.78. The zero-order valence-electron chi connectivity index (χ0n) is 11.7. The van der Waals surface area contributed by atoms with Crippen molar-refractivity contribution in [2.45, 2.75) is 25.3 Å². The van der Waals surface area contributed by atoms with Gasteiger partial charge in [0.15, 0.2) is 0 Å². The first kappa shape index (κ1) is 13.6. The minimum absolute atomic E-state index is 0.0494. The zero-order chi connectivity index (χ0) is 13.9. The maximum Gasteiger partial charge on any atom is 0.234 e. The third kappa shape index (κ3) is 3.02. The molecule has 1 aromatic carbocycles. The third-order valence-corrected chi connectivity index (χ3v) is 4.33. The van der Waals surface area contributed by atoms with Crippen LogP contribution >= 0.6 is 0 Å². The molecule has 3 rings (SSSR count). The second kappa shape index (κ2) is 5.94. The number of fused-ring (bicyclic) bond motifs is 1. The number of carbonyl (C=O) groups is 1. The Balaban J connectivity index is 1.62. The fraction of sp³-hybridized carbons (Fsp3) is 0.562. The van der Waals surface area contributed by atoms with E-state index in [0.29, 0.717) is 12.5 Å². The van der Waals surface area contributed by atoms with Crippen LogP contribution in [0.3, 0.4) is 0 Å². The molecule has 1 aromatic rings. The van der Waals surface area contributed by atoms with Crippen molar-refractivity contribution in [2.75, 3.05) is 26.2 Å². The Kier molecular flexibility index (Phi) is 4.03. The van der Waals surface area contributed by atoms with Gasteiger partial charge < -0.3 is 10.4 Å². The lowest BCUT2D eigenvalue weighted by Crippen LogP contribution is -2.44. The van der Waals surface area contributed by atoms with E-state index in [1.807, 2.05) is 12.1 Å². The normalized spacial score (nSPS) is 22.4. The Bertz CT molecular complexity index is 485. The van der Waals surface area contributed by atoms with Crippen LogP contribution in [0.5, 0.6) is 0 Å². The number of rotatable bonds is 5. The largest absolute Gasteiger partial charge is 0.394 e. The molecule has 1 aliphatic carbocycles. The molecule has 1 fully saturated rings. The van der Waals surface area contributed by atoms with Gasteiger partial charge in [0.25, 0.3) is 0 Å². The fourth-order valence-electron chi connectivity index (χ4n) is 2.93. The molecule has 0 radical (unpaired) electrons. The third-order valence-electron chi connectivity index (χ3n) is 4.33. The number of benzene rings is 1. The molecule has 0 aromatic heterocycles. The second-order valence-electron chi connectivity index (χ2n) is 5.87. The quantitative estimate of drug-likeness (QED) is 0.845. The number of carbonyl (C=O) groups excluding carboxylic acids is 1. The van der Waals surface area contributed by atoms with Gasteiger partial charge in [-0.1, -0.05) is 24.3 Å². The van der Waals surface area contributed by atoms with Gasteiger partial charge in [0.05, 0.1) is 19.2 Å². The first-order valence-electron chi connectivity index (χ1n) is 7.47. The topological polar surface area (TPSA) is 52.6 Å². The molecule has 0 spiro atoms. The van der Waals surface area contributed by atoms with Crippen LogP contribution < -0.4 is 5.32 Å². The van der Waals surface area contributed by atoms with E-state index in [1.54, 1.807) is 0 Å². The SMILES string of the molecule is O=C(CN1CCc2ccccc2C1CO)NCC1CC1. The van der Waals surface area contributed by atoms with Gasteiger partial charge in [0, 0.05) is 13.1 Å². The molecular weight excluding hydrogens is 252 g/mol. The summed E-state index contributed by atoms with van der Waals surface area (Å²) in [4.78, 5) is 14.1. The first-order chi connectivity index (χ1) is 9.78. The lowest BCUT2D eigenvalue weighted by atomic mass is 9.93. The van der Waals surface area contributed by atoms with Crippen molar-refractivity contribution in [3.05, 3.63) is 35.4 Å². The highest BCUT2D eigenvalue weighted by atomic mass is 16.3. The predicted molar refractivity (Wildman–Crippen MR) is 77.3 cm³/mol. The van der Waals surface area contributed by atoms with Crippen LogP contribution in [0.2, 0.25) is 0 Å². The van der Waals surface area contributed by atoms with Crippen molar-refractivity contribution >= 4 is 5.91 Å². The number of amides is 1. The van der Waals surface area contributed by atoms with E-state index in [0.717, 1.165) is 25.1 Å². The van der Waals surface area contributed by atoms with Crippen molar-refractivity contribution in [3.63, 3.8) is 0 Å². The Labute approximate surface area is 119 Å². The van der Waals surface area contributed by atoms with Gasteiger partial charge in [-0.2, -0.15) is 0 Å². The van der Waals surface area contributed by atoms with Gasteiger partial charge in [-0.15, -0.1) is 0 Å². The maximum absolute atomic E-state index is 12.0. The summed E-state index contributed by atoms with van der Waals surface area (Å²) in [5.74, 6) is 0.782. The van der Waals surface area contributed by atoms with Crippen LogP contribution in [0.4, 0.5) is 0 Å². The van der Waals surface area contributed by atoms with Crippen LogP contribution in [0.25, 0.3) is 0 Å². The van der Waals surface area contributed by atoms with E-state index in [9.17, 15) is 9.90 Å². The Morgan fingerprint density at radius 2 is 2.15 bits per heavy atom. The molecule has 1 aliphatic heterocycles. The number of nitrogens with one attached hydrogen (secondary N) is 1. The molecule has 2 N–H and O–H groups in total. The minimum atomic E-state index is -0.0494. The molecule has 1 heterocycles. The predicted octanol–water partition coefficient (Wildman–Crippen LogP) is 1.10. The smallest absolute Gasteiger partial charge is 0.234 e. The zero-order valence-corrected chi connectivity index (χ0v) is 11.7. The second-order valence-corrected chi connectivity index (χ2v) is 5.87. The molecule has 4 nitrogen and oxygen atoms in total. The molecule has 1 atom stereocenters. The van der Waals surface area contributed by atoms with Crippen molar-refractivity contribution in [3.8, 4) is 0 Å². The number of nitrogens with zero attached hydrogens (tertiary/aromatic N) is 1. The average molecular weight is 274 g/mol. The lowest BCUT2D eigenvalue weighted by molar-refractivity contribution is -0.123. The van der Waals surface area contributed by atoms with E-state index >= 15 is 0 Å². The summed E-state index contributed by atoms with van der Waals surface area (Å²) >= 11 is 0. The molecule has 20 heavy (non-hydrogen) atoms. The Morgan fingerprint density at radius 1 is 1.35 bits per heavy atom. The molecule has 0 bridgehead atoms. The van der Waals surface area contributed by atoms with Crippen molar-refractivity contribution in [2.24, 2.45) is 5.92 Å². The van der Waals surface area contributed by atoms with Crippen LogP contribution in [0, 0.1) is 5.92 Å². The van der Waals surface area contributed by atoms with Crippen molar-refractivity contribution < 1.29 is 9.90 Å². The van der Waals surface area contributed by atoms with E-state index in [1.165, 1.54) is 18.4 Å². The van der Waals surface area contributed by atoms with Gasteiger partial charge in [-0.25, -0.2) is 0 Å². The summed E-state index contributed by atoms with van der Waals surface area (Å²) in [6.45, 7) is 2.09. The maximum atomic E-state index is 12.0. The standard InChI is InChI=1S/C16H22N2O2/c19-11-15-14-4-2-1-3-13(14)7-8-18(15)10-16(20)17-9-12-5-6-12/h1-4,12,15,19H,5-11H2,(H,17,20). The molecule has 2 aliphatic rings. The van der Waals surface area contributed by atoms with Crippen LogP contribution in [-0.4, -0.2) is 42.2 Å². The van der Waals surface area contributed by atoms with Crippen LogP contribution in [0.15, 0.2) is 24.3 Å². The molecular formula is C16H22N2O2. The van der Waals surface area contributed by atoms with Crippen molar-refractivity contribution in [1.29, 1.82) is 0 Å². The van der Waals surface area contributed by atoms with E-state index in [4.69, 9.17) is 0 Å². The van der Waals surface area contributed by atoms with Gasteiger partial charge in [-0.3, -0.25) is 9.69 Å². The van der Waals surface area contributed by atoms with Gasteiger partial charge in [0.2, 0.25) is 5.91 Å². The molecule has 1 amide bonds. The van der Waals surface area contributed by atoms with E-state index < -0.39 is 0 Å². The molecule has 0 saturated heterocycles. The molecule has 108 valence electrons. The number of aliphatic hydroxyl groups excluding tert-OH is 1. The number of hydrogen-bond acceptors (Lipinski definition) is 3. The summed E-state index contributed by atoms with van der Waals surface area (Å²) in [7, 11) is 0. The Hall–Kier alpha value is -1.39. The van der Waals surface area contributed by atoms with Crippen LogP contribution in [0.1, 0.15) is 30.0 Å². The van der Waals surface area contributed by atoms with Gasteiger partial charge in [-0.05, 0) is 36.3 Å². The fourth-order valence-corrected chi connectivity index (χ4v) is 2.93. The number of aliphatic hydroxyl groups is 1.